The number of piperazine rings is 1. The first kappa shape index (κ1) is 23.2. The summed E-state index contributed by atoms with van der Waals surface area (Å²) in [6.07, 6.45) is 0. The fourth-order valence-corrected chi connectivity index (χ4v) is 4.84. The van der Waals surface area contributed by atoms with Crippen LogP contribution in [0.25, 0.3) is 0 Å². The van der Waals surface area contributed by atoms with Crippen LogP contribution in [0.15, 0.2) is 47.4 Å². The van der Waals surface area contributed by atoms with E-state index in [0.717, 1.165) is 56.1 Å². The maximum Gasteiger partial charge on any atom is 0.244 e. The zero-order valence-corrected chi connectivity index (χ0v) is 18.9. The highest BCUT2D eigenvalue weighted by Gasteiger charge is 2.25. The second-order valence-electron chi connectivity index (χ2n) is 7.68. The number of rotatable bonds is 7. The molecule has 0 bridgehead atoms. The highest BCUT2D eigenvalue weighted by molar-refractivity contribution is 7.89. The number of halogens is 1. The molecular formula is C22H29FN4O3S. The Bertz CT molecular complexity index is 1040. The minimum Gasteiger partial charge on any atom is -0.369 e. The van der Waals surface area contributed by atoms with Crippen molar-refractivity contribution in [2.24, 2.45) is 0 Å². The minimum atomic E-state index is -4.16. The van der Waals surface area contributed by atoms with Gasteiger partial charge in [-0.25, -0.2) is 12.8 Å². The molecule has 3 rings (SSSR count). The maximum atomic E-state index is 13.8. The molecule has 1 saturated heterocycles. The van der Waals surface area contributed by atoms with Crippen LogP contribution < -0.4 is 14.9 Å². The molecule has 1 aliphatic heterocycles. The number of benzene rings is 2. The molecule has 1 aliphatic rings. The molecule has 2 N–H and O–H groups in total. The second kappa shape index (κ2) is 9.76. The Hall–Kier alpha value is -2.49. The van der Waals surface area contributed by atoms with Crippen LogP contribution in [-0.2, 0) is 14.8 Å². The highest BCUT2D eigenvalue weighted by atomic mass is 32.2. The molecule has 2 aromatic carbocycles. The first-order valence-electron chi connectivity index (χ1n) is 10.4. The van der Waals surface area contributed by atoms with Gasteiger partial charge in [0.15, 0.2) is 0 Å². The van der Waals surface area contributed by atoms with Crippen molar-refractivity contribution in [3.8, 4) is 0 Å². The van der Waals surface area contributed by atoms with Gasteiger partial charge in [0.25, 0.3) is 0 Å². The van der Waals surface area contributed by atoms with Crippen molar-refractivity contribution in [3.05, 3.63) is 53.8 Å². The fraction of sp³-hybridized carbons (Fsp3) is 0.409. The van der Waals surface area contributed by atoms with Crippen LogP contribution in [-0.4, -0.2) is 58.0 Å². The van der Waals surface area contributed by atoms with Crippen LogP contribution in [0.2, 0.25) is 0 Å². The molecule has 0 aliphatic carbocycles. The lowest BCUT2D eigenvalue weighted by Crippen LogP contribution is -2.46. The van der Waals surface area contributed by atoms with E-state index in [-0.39, 0.29) is 0 Å². The first-order chi connectivity index (χ1) is 14.7. The summed E-state index contributed by atoms with van der Waals surface area (Å²) >= 11 is 0. The van der Waals surface area contributed by atoms with Crippen molar-refractivity contribution >= 4 is 27.3 Å². The number of likely N-dealkylation sites (N-methyl/N-ethyl adjacent to an activating group) is 1. The molecule has 1 heterocycles. The highest BCUT2D eigenvalue weighted by Crippen LogP contribution is 2.24. The number of sulfonamides is 1. The molecule has 0 spiro atoms. The van der Waals surface area contributed by atoms with Gasteiger partial charge in [0.2, 0.25) is 15.9 Å². The van der Waals surface area contributed by atoms with Gasteiger partial charge in [0.1, 0.15) is 10.7 Å². The van der Waals surface area contributed by atoms with Crippen molar-refractivity contribution < 1.29 is 17.6 Å². The molecule has 1 amide bonds. The molecule has 0 aromatic heterocycles. The Morgan fingerprint density at radius 2 is 1.81 bits per heavy atom. The molecule has 168 valence electrons. The third-order valence-corrected chi connectivity index (χ3v) is 7.08. The summed E-state index contributed by atoms with van der Waals surface area (Å²) in [4.78, 5) is 16.8. The number of anilines is 2. The van der Waals surface area contributed by atoms with E-state index in [2.05, 4.69) is 26.8 Å². The molecule has 1 atom stereocenters. The van der Waals surface area contributed by atoms with Crippen LogP contribution in [0.1, 0.15) is 19.4 Å². The number of amides is 1. The smallest absolute Gasteiger partial charge is 0.244 e. The maximum absolute atomic E-state index is 13.8. The van der Waals surface area contributed by atoms with E-state index in [1.54, 1.807) is 0 Å². The Morgan fingerprint density at radius 1 is 1.13 bits per heavy atom. The normalized spacial score (nSPS) is 16.2. The van der Waals surface area contributed by atoms with Gasteiger partial charge in [-0.1, -0.05) is 19.1 Å². The molecule has 7 nitrogen and oxygen atoms in total. The zero-order chi connectivity index (χ0) is 22.6. The summed E-state index contributed by atoms with van der Waals surface area (Å²) in [7, 11) is -4.16. The van der Waals surface area contributed by atoms with Crippen molar-refractivity contribution in [1.82, 2.24) is 9.62 Å². The molecular weight excluding hydrogens is 419 g/mol. The second-order valence-corrected chi connectivity index (χ2v) is 9.37. The van der Waals surface area contributed by atoms with Gasteiger partial charge in [-0.3, -0.25) is 4.79 Å². The predicted octanol–water partition coefficient (Wildman–Crippen LogP) is 2.58. The molecule has 31 heavy (non-hydrogen) atoms. The van der Waals surface area contributed by atoms with E-state index in [9.17, 15) is 17.6 Å². The van der Waals surface area contributed by atoms with Gasteiger partial charge in [-0.05, 0) is 56.3 Å². The third-order valence-electron chi connectivity index (χ3n) is 5.50. The van der Waals surface area contributed by atoms with E-state index in [4.69, 9.17) is 0 Å². The largest absolute Gasteiger partial charge is 0.369 e. The first-order valence-corrected chi connectivity index (χ1v) is 11.8. The number of carbonyl (C=O) groups is 1. The Labute approximate surface area is 183 Å². The quantitative estimate of drug-likeness (QED) is 0.681. The van der Waals surface area contributed by atoms with Crippen LogP contribution in [0.4, 0.5) is 15.8 Å². The van der Waals surface area contributed by atoms with E-state index >= 15 is 0 Å². The Morgan fingerprint density at radius 3 is 2.42 bits per heavy atom. The average Bonchev–Trinajstić information content (AvgIpc) is 2.75. The topological polar surface area (TPSA) is 81.8 Å². The summed E-state index contributed by atoms with van der Waals surface area (Å²) < 4.78 is 40.9. The van der Waals surface area contributed by atoms with Gasteiger partial charge in [-0.2, -0.15) is 4.72 Å². The van der Waals surface area contributed by atoms with Crippen molar-refractivity contribution in [2.75, 3.05) is 42.9 Å². The van der Waals surface area contributed by atoms with E-state index in [1.807, 2.05) is 25.1 Å². The number of hydrogen-bond acceptors (Lipinski definition) is 5. The predicted molar refractivity (Wildman–Crippen MR) is 120 cm³/mol. The van der Waals surface area contributed by atoms with Crippen LogP contribution in [0.3, 0.4) is 0 Å². The number of aryl methyl sites for hydroxylation is 1. The fourth-order valence-electron chi connectivity index (χ4n) is 3.56. The SMILES string of the molecule is CCN1CCN(c2ccc(NC(=O)[C@@H](C)NS(=O)(=O)c3ccccc3F)c(C)c2)CC1. The number of hydrogen-bond donors (Lipinski definition) is 2. The summed E-state index contributed by atoms with van der Waals surface area (Å²) in [6, 6.07) is 9.77. The Kier molecular flexibility index (Phi) is 7.30. The minimum absolute atomic E-state index is 0.488. The van der Waals surface area contributed by atoms with Crippen LogP contribution >= 0.6 is 0 Å². The lowest BCUT2D eigenvalue weighted by atomic mass is 10.1. The van der Waals surface area contributed by atoms with E-state index < -0.39 is 32.7 Å². The third kappa shape index (κ3) is 5.61. The number of nitrogens with zero attached hydrogens (tertiary/aromatic N) is 2. The number of carbonyl (C=O) groups excluding carboxylic acids is 1. The van der Waals surface area contributed by atoms with Gasteiger partial charge in [0.05, 0.1) is 6.04 Å². The molecule has 0 radical (unpaired) electrons. The van der Waals surface area contributed by atoms with Crippen molar-refractivity contribution in [1.29, 1.82) is 0 Å². The molecule has 1 fully saturated rings. The summed E-state index contributed by atoms with van der Waals surface area (Å²) in [5, 5.41) is 2.76. The zero-order valence-electron chi connectivity index (χ0n) is 18.1. The molecule has 9 heteroatoms. The van der Waals surface area contributed by atoms with Gasteiger partial charge < -0.3 is 15.1 Å². The lowest BCUT2D eigenvalue weighted by molar-refractivity contribution is -0.117. The van der Waals surface area contributed by atoms with Crippen LogP contribution in [0.5, 0.6) is 0 Å². The molecule has 0 unspecified atom stereocenters. The van der Waals surface area contributed by atoms with E-state index in [1.165, 1.54) is 19.1 Å². The van der Waals surface area contributed by atoms with Gasteiger partial charge in [0, 0.05) is 37.6 Å². The van der Waals surface area contributed by atoms with Crippen LogP contribution in [0, 0.1) is 12.7 Å². The summed E-state index contributed by atoms with van der Waals surface area (Å²) in [6.45, 7) is 10.5. The molecule has 0 saturated carbocycles. The number of nitrogens with one attached hydrogen (secondary N) is 2. The van der Waals surface area contributed by atoms with Gasteiger partial charge in [-0.15, -0.1) is 0 Å². The lowest BCUT2D eigenvalue weighted by Gasteiger charge is -2.35. The summed E-state index contributed by atoms with van der Waals surface area (Å²) in [5.74, 6) is -1.39. The monoisotopic (exact) mass is 448 g/mol. The van der Waals surface area contributed by atoms with E-state index in [0.29, 0.717) is 5.69 Å². The van der Waals surface area contributed by atoms with Gasteiger partial charge >= 0.3 is 0 Å². The summed E-state index contributed by atoms with van der Waals surface area (Å²) in [5.41, 5.74) is 2.59. The Balaban J connectivity index is 1.64. The average molecular weight is 449 g/mol. The standard InChI is InChI=1S/C22H29FN4O3S/c1-4-26-11-13-27(14-12-26)18-9-10-20(16(2)15-18)24-22(28)17(3)25-31(29,30)21-8-6-5-7-19(21)23/h5-10,15,17,25H,4,11-14H2,1-3H3,(H,24,28)/t17-/m1/s1. The molecule has 2 aromatic rings. The van der Waals surface area contributed by atoms with Crippen molar-refractivity contribution in [3.63, 3.8) is 0 Å². The van der Waals surface area contributed by atoms with Crippen molar-refractivity contribution in [2.45, 2.75) is 31.7 Å².